The molecule has 0 aliphatic carbocycles. The van der Waals surface area contributed by atoms with Gasteiger partial charge in [0.15, 0.2) is 0 Å². The van der Waals surface area contributed by atoms with Gasteiger partial charge in [0.25, 0.3) is 0 Å². The van der Waals surface area contributed by atoms with Crippen LogP contribution in [0.5, 0.6) is 0 Å². The molecule has 1 atom stereocenters. The van der Waals surface area contributed by atoms with Crippen LogP contribution in [0, 0.1) is 6.92 Å². The van der Waals surface area contributed by atoms with Gasteiger partial charge in [0.2, 0.25) is 5.91 Å². The van der Waals surface area contributed by atoms with Crippen LogP contribution in [0.15, 0.2) is 6.07 Å². The van der Waals surface area contributed by atoms with Crippen LogP contribution in [-0.2, 0) is 16.6 Å². The van der Waals surface area contributed by atoms with E-state index in [-0.39, 0.29) is 24.4 Å². The van der Waals surface area contributed by atoms with Crippen molar-refractivity contribution in [3.05, 3.63) is 11.8 Å². The maximum atomic E-state index is 11.8. The molecule has 1 fully saturated rings. The van der Waals surface area contributed by atoms with Crippen LogP contribution in [-0.4, -0.2) is 41.5 Å². The Morgan fingerprint density at radius 2 is 2.47 bits per heavy atom. The highest BCUT2D eigenvalue weighted by Gasteiger charge is 2.21. The van der Waals surface area contributed by atoms with E-state index in [4.69, 9.17) is 4.74 Å². The molecule has 2 rings (SSSR count). The number of amides is 1. The monoisotopic (exact) mass is 260 g/mol. The fourth-order valence-electron chi connectivity index (χ4n) is 1.67. The van der Waals surface area contributed by atoms with Crippen LogP contribution >= 0.6 is 12.4 Å². The standard InChI is InChI=1S/C10H16N4O2.ClH/c1-7-5-9(14(2)13-7)12-10(15)8-6-16-4-3-11-8;/h5,8,11H,3-4,6H2,1-2H3,(H,12,15);1H. The minimum absolute atomic E-state index is 0. The number of anilines is 1. The minimum Gasteiger partial charge on any atom is -0.378 e. The van der Waals surface area contributed by atoms with Crippen LogP contribution in [0.2, 0.25) is 0 Å². The maximum Gasteiger partial charge on any atom is 0.245 e. The number of carbonyl (C=O) groups is 1. The van der Waals surface area contributed by atoms with Gasteiger partial charge in [0.1, 0.15) is 11.9 Å². The summed E-state index contributed by atoms with van der Waals surface area (Å²) in [6.07, 6.45) is 0. The van der Waals surface area contributed by atoms with Gasteiger partial charge in [-0.15, -0.1) is 12.4 Å². The van der Waals surface area contributed by atoms with E-state index in [1.165, 1.54) is 0 Å². The number of hydrogen-bond donors (Lipinski definition) is 2. The van der Waals surface area contributed by atoms with Crippen molar-refractivity contribution in [1.82, 2.24) is 15.1 Å². The fraction of sp³-hybridized carbons (Fsp3) is 0.600. The number of rotatable bonds is 2. The van der Waals surface area contributed by atoms with Gasteiger partial charge in [0, 0.05) is 19.7 Å². The Morgan fingerprint density at radius 1 is 1.71 bits per heavy atom. The average molecular weight is 261 g/mol. The van der Waals surface area contributed by atoms with E-state index in [2.05, 4.69) is 15.7 Å². The summed E-state index contributed by atoms with van der Waals surface area (Å²) < 4.78 is 6.88. The second-order valence-corrected chi connectivity index (χ2v) is 3.87. The van der Waals surface area contributed by atoms with E-state index < -0.39 is 0 Å². The van der Waals surface area contributed by atoms with Crippen molar-refractivity contribution in [3.63, 3.8) is 0 Å². The number of aryl methyl sites for hydroxylation is 2. The Morgan fingerprint density at radius 3 is 3.00 bits per heavy atom. The molecular formula is C10H17ClN4O2. The van der Waals surface area contributed by atoms with Crippen molar-refractivity contribution >= 4 is 24.1 Å². The van der Waals surface area contributed by atoms with E-state index in [1.54, 1.807) is 11.7 Å². The van der Waals surface area contributed by atoms with Crippen LogP contribution in [0.4, 0.5) is 5.82 Å². The molecule has 0 radical (unpaired) electrons. The summed E-state index contributed by atoms with van der Waals surface area (Å²) in [5, 5.41) is 10.1. The van der Waals surface area contributed by atoms with Gasteiger partial charge in [-0.25, -0.2) is 0 Å². The van der Waals surface area contributed by atoms with E-state index in [0.717, 1.165) is 5.69 Å². The van der Waals surface area contributed by atoms with Crippen LogP contribution < -0.4 is 10.6 Å². The Kier molecular flexibility index (Phi) is 4.92. The largest absolute Gasteiger partial charge is 0.378 e. The second kappa shape index (κ2) is 6.00. The molecule has 0 aromatic carbocycles. The van der Waals surface area contributed by atoms with E-state index in [0.29, 0.717) is 25.6 Å². The van der Waals surface area contributed by atoms with Gasteiger partial charge in [0.05, 0.1) is 18.9 Å². The molecule has 7 heteroatoms. The number of hydrogen-bond acceptors (Lipinski definition) is 4. The first-order valence-electron chi connectivity index (χ1n) is 5.29. The zero-order valence-corrected chi connectivity index (χ0v) is 10.7. The fourth-order valence-corrected chi connectivity index (χ4v) is 1.67. The van der Waals surface area contributed by atoms with Crippen molar-refractivity contribution in [1.29, 1.82) is 0 Å². The first kappa shape index (κ1) is 14.0. The number of morpholine rings is 1. The summed E-state index contributed by atoms with van der Waals surface area (Å²) in [5.74, 6) is 0.623. The van der Waals surface area contributed by atoms with Crippen molar-refractivity contribution in [2.75, 3.05) is 25.1 Å². The molecule has 6 nitrogen and oxygen atoms in total. The highest BCUT2D eigenvalue weighted by Crippen LogP contribution is 2.08. The van der Waals surface area contributed by atoms with Crippen LogP contribution in [0.1, 0.15) is 5.69 Å². The molecule has 1 aliphatic heterocycles. The van der Waals surface area contributed by atoms with Gasteiger partial charge in [-0.1, -0.05) is 0 Å². The van der Waals surface area contributed by atoms with Gasteiger partial charge in [-0.2, -0.15) is 5.10 Å². The summed E-state index contributed by atoms with van der Waals surface area (Å²) in [5.41, 5.74) is 0.880. The average Bonchev–Trinajstić information content (AvgIpc) is 2.59. The van der Waals surface area contributed by atoms with Gasteiger partial charge in [-0.3, -0.25) is 9.48 Å². The first-order chi connectivity index (χ1) is 7.66. The number of aromatic nitrogens is 2. The van der Waals surface area contributed by atoms with Crippen LogP contribution in [0.3, 0.4) is 0 Å². The predicted octanol–water partition coefficient (Wildman–Crippen LogP) is 0.0772. The molecule has 1 aliphatic rings. The lowest BCUT2D eigenvalue weighted by Gasteiger charge is -2.22. The number of ether oxygens (including phenoxy) is 1. The van der Waals surface area contributed by atoms with Gasteiger partial charge in [-0.05, 0) is 6.92 Å². The highest BCUT2D eigenvalue weighted by atomic mass is 35.5. The zero-order chi connectivity index (χ0) is 11.5. The summed E-state index contributed by atoms with van der Waals surface area (Å²) in [6.45, 7) is 3.68. The zero-order valence-electron chi connectivity index (χ0n) is 9.90. The quantitative estimate of drug-likeness (QED) is 0.790. The third kappa shape index (κ3) is 3.42. The molecule has 1 aromatic heterocycles. The van der Waals surface area contributed by atoms with Crippen molar-refractivity contribution in [2.45, 2.75) is 13.0 Å². The Bertz CT molecular complexity index is 388. The van der Waals surface area contributed by atoms with E-state index >= 15 is 0 Å². The number of nitrogens with zero attached hydrogens (tertiary/aromatic N) is 2. The molecule has 0 bridgehead atoms. The molecule has 2 N–H and O–H groups in total. The topological polar surface area (TPSA) is 68.2 Å². The SMILES string of the molecule is Cc1cc(NC(=O)C2COCCN2)n(C)n1.Cl. The van der Waals surface area contributed by atoms with E-state index in [1.807, 2.05) is 13.0 Å². The van der Waals surface area contributed by atoms with Gasteiger partial charge >= 0.3 is 0 Å². The third-order valence-electron chi connectivity index (χ3n) is 2.49. The number of carbonyl (C=O) groups excluding carboxylic acids is 1. The molecule has 1 amide bonds. The molecule has 1 saturated heterocycles. The summed E-state index contributed by atoms with van der Waals surface area (Å²) in [7, 11) is 1.80. The van der Waals surface area contributed by atoms with Crippen molar-refractivity contribution in [2.24, 2.45) is 7.05 Å². The van der Waals surface area contributed by atoms with Crippen molar-refractivity contribution < 1.29 is 9.53 Å². The third-order valence-corrected chi connectivity index (χ3v) is 2.49. The summed E-state index contributed by atoms with van der Waals surface area (Å²) in [6, 6.07) is 1.56. The molecule has 2 heterocycles. The molecule has 1 aromatic rings. The second-order valence-electron chi connectivity index (χ2n) is 3.87. The Hall–Kier alpha value is -1.11. The number of halogens is 1. The maximum absolute atomic E-state index is 11.8. The minimum atomic E-state index is -0.274. The smallest absolute Gasteiger partial charge is 0.245 e. The lowest BCUT2D eigenvalue weighted by atomic mass is 10.2. The van der Waals surface area contributed by atoms with Gasteiger partial charge < -0.3 is 15.4 Å². The first-order valence-corrected chi connectivity index (χ1v) is 5.29. The Balaban J connectivity index is 0.00000144. The molecule has 96 valence electrons. The molecule has 17 heavy (non-hydrogen) atoms. The molecule has 0 saturated carbocycles. The van der Waals surface area contributed by atoms with Crippen LogP contribution in [0.25, 0.3) is 0 Å². The predicted molar refractivity (Wildman–Crippen MR) is 66.4 cm³/mol. The summed E-state index contributed by atoms with van der Waals surface area (Å²) in [4.78, 5) is 11.8. The lowest BCUT2D eigenvalue weighted by molar-refractivity contribution is -0.120. The van der Waals surface area contributed by atoms with E-state index in [9.17, 15) is 4.79 Å². The normalized spacial score (nSPS) is 19.5. The summed E-state index contributed by atoms with van der Waals surface area (Å²) >= 11 is 0. The molecular weight excluding hydrogens is 244 g/mol. The number of nitrogens with one attached hydrogen (secondary N) is 2. The van der Waals surface area contributed by atoms with Crippen molar-refractivity contribution in [3.8, 4) is 0 Å². The highest BCUT2D eigenvalue weighted by molar-refractivity contribution is 5.94. The lowest BCUT2D eigenvalue weighted by Crippen LogP contribution is -2.49. The Labute approximate surface area is 106 Å². The molecule has 1 unspecified atom stereocenters. The molecule has 0 spiro atoms.